The van der Waals surface area contributed by atoms with Crippen LogP contribution in [0.25, 0.3) is 0 Å². The van der Waals surface area contributed by atoms with Crippen LogP contribution in [0.3, 0.4) is 0 Å². The second-order valence-corrected chi connectivity index (χ2v) is 4.81. The van der Waals surface area contributed by atoms with Gasteiger partial charge < -0.3 is 10.5 Å². The lowest BCUT2D eigenvalue weighted by Gasteiger charge is -2.42. The van der Waals surface area contributed by atoms with Gasteiger partial charge in [-0.05, 0) is 6.07 Å². The normalized spacial score (nSPS) is 21.9. The first-order valence-corrected chi connectivity index (χ1v) is 6.23. The second kappa shape index (κ2) is 5.17. The summed E-state index contributed by atoms with van der Waals surface area (Å²) in [6.07, 6.45) is 0.597. The van der Waals surface area contributed by atoms with Gasteiger partial charge in [-0.15, -0.1) is 12.6 Å². The Morgan fingerprint density at radius 1 is 1.61 bits per heavy atom. The standard InChI is InChI=1S/C12H17N3O2S/c1-14-15(11(16)8-13)12(18)6-7-17-10-5-3-2-4-9(10)12/h2-5,14,18H,6-8,13H2,1H3. The average Bonchev–Trinajstić information content (AvgIpc) is 2.40. The van der Waals surface area contributed by atoms with Crippen LogP contribution in [0.4, 0.5) is 0 Å². The topological polar surface area (TPSA) is 67.6 Å². The number of amides is 1. The van der Waals surface area contributed by atoms with Gasteiger partial charge in [-0.2, -0.15) is 0 Å². The number of benzene rings is 1. The van der Waals surface area contributed by atoms with Gasteiger partial charge in [0, 0.05) is 19.0 Å². The smallest absolute Gasteiger partial charge is 0.252 e. The van der Waals surface area contributed by atoms with E-state index in [-0.39, 0.29) is 12.5 Å². The van der Waals surface area contributed by atoms with Gasteiger partial charge in [-0.1, -0.05) is 18.2 Å². The number of nitrogens with two attached hydrogens (primary N) is 1. The minimum atomic E-state index is -0.736. The van der Waals surface area contributed by atoms with E-state index in [1.54, 1.807) is 7.05 Å². The zero-order valence-corrected chi connectivity index (χ0v) is 11.1. The number of nitrogens with one attached hydrogen (secondary N) is 1. The first-order valence-electron chi connectivity index (χ1n) is 5.78. The van der Waals surface area contributed by atoms with Crippen molar-refractivity contribution in [2.24, 2.45) is 5.73 Å². The molecule has 1 aromatic rings. The highest BCUT2D eigenvalue weighted by Crippen LogP contribution is 2.43. The van der Waals surface area contributed by atoms with Crippen molar-refractivity contribution in [1.29, 1.82) is 0 Å². The lowest BCUT2D eigenvalue weighted by Crippen LogP contribution is -2.55. The molecule has 18 heavy (non-hydrogen) atoms. The van der Waals surface area contributed by atoms with Gasteiger partial charge in [0.15, 0.2) is 0 Å². The maximum absolute atomic E-state index is 11.9. The molecule has 1 aliphatic rings. The van der Waals surface area contributed by atoms with Crippen LogP contribution in [0.5, 0.6) is 5.75 Å². The number of hydrogen-bond acceptors (Lipinski definition) is 5. The molecule has 0 spiro atoms. The van der Waals surface area contributed by atoms with E-state index in [2.05, 4.69) is 5.43 Å². The highest BCUT2D eigenvalue weighted by Gasteiger charge is 2.41. The Hall–Kier alpha value is -1.24. The summed E-state index contributed by atoms with van der Waals surface area (Å²) in [6.45, 7) is 0.447. The number of rotatable bonds is 3. The van der Waals surface area contributed by atoms with E-state index in [0.717, 1.165) is 11.3 Å². The van der Waals surface area contributed by atoms with Gasteiger partial charge in [0.05, 0.1) is 13.2 Å². The van der Waals surface area contributed by atoms with Gasteiger partial charge in [0.25, 0.3) is 5.91 Å². The van der Waals surface area contributed by atoms with E-state index in [1.165, 1.54) is 5.01 Å². The zero-order valence-electron chi connectivity index (χ0n) is 10.2. The molecule has 1 heterocycles. The predicted molar refractivity (Wildman–Crippen MR) is 72.2 cm³/mol. The number of thiol groups is 1. The van der Waals surface area contributed by atoms with Crippen LogP contribution >= 0.6 is 12.6 Å². The molecule has 0 saturated heterocycles. The molecule has 0 aromatic heterocycles. The summed E-state index contributed by atoms with van der Waals surface area (Å²) in [5.74, 6) is 0.549. The van der Waals surface area contributed by atoms with Crippen LogP contribution in [-0.4, -0.2) is 31.1 Å². The summed E-state index contributed by atoms with van der Waals surface area (Å²) >= 11 is 4.70. The Balaban J connectivity index is 2.45. The number of para-hydroxylation sites is 1. The van der Waals surface area contributed by atoms with Crippen molar-refractivity contribution < 1.29 is 9.53 Å². The van der Waals surface area contributed by atoms with E-state index in [4.69, 9.17) is 23.1 Å². The average molecular weight is 267 g/mol. The fourth-order valence-electron chi connectivity index (χ4n) is 2.20. The minimum Gasteiger partial charge on any atom is -0.493 e. The fraction of sp³-hybridized carbons (Fsp3) is 0.417. The van der Waals surface area contributed by atoms with Crippen molar-refractivity contribution in [3.05, 3.63) is 29.8 Å². The summed E-state index contributed by atoms with van der Waals surface area (Å²) in [5, 5.41) is 1.47. The largest absolute Gasteiger partial charge is 0.493 e. The third kappa shape index (κ3) is 2.07. The Labute approximate surface area is 112 Å². The van der Waals surface area contributed by atoms with Gasteiger partial charge in [0.2, 0.25) is 0 Å². The summed E-state index contributed by atoms with van der Waals surface area (Å²) in [4.78, 5) is 11.2. The summed E-state index contributed by atoms with van der Waals surface area (Å²) in [5.41, 5.74) is 9.18. The van der Waals surface area contributed by atoms with Crippen molar-refractivity contribution in [3.63, 3.8) is 0 Å². The molecule has 1 aromatic carbocycles. The number of hydrazine groups is 1. The molecule has 5 nitrogen and oxygen atoms in total. The number of nitrogens with zero attached hydrogens (tertiary/aromatic N) is 1. The van der Waals surface area contributed by atoms with Gasteiger partial charge in [-0.25, -0.2) is 5.43 Å². The van der Waals surface area contributed by atoms with Crippen molar-refractivity contribution in [2.75, 3.05) is 20.2 Å². The van der Waals surface area contributed by atoms with Crippen LogP contribution in [0, 0.1) is 0 Å². The van der Waals surface area contributed by atoms with E-state index < -0.39 is 4.87 Å². The molecule has 0 aliphatic carbocycles. The zero-order chi connectivity index (χ0) is 13.2. The maximum atomic E-state index is 11.9. The Morgan fingerprint density at radius 2 is 2.33 bits per heavy atom. The third-order valence-electron chi connectivity index (χ3n) is 3.04. The predicted octanol–water partition coefficient (Wildman–Crippen LogP) is 0.473. The number of fused-ring (bicyclic) bond motifs is 1. The van der Waals surface area contributed by atoms with Crippen LogP contribution in [0.2, 0.25) is 0 Å². The Bertz CT molecular complexity index is 455. The van der Waals surface area contributed by atoms with E-state index >= 15 is 0 Å². The fourth-order valence-corrected chi connectivity index (χ4v) is 2.69. The molecular formula is C12H17N3O2S. The van der Waals surface area contributed by atoms with Crippen LogP contribution < -0.4 is 15.9 Å². The number of hydrogen-bond donors (Lipinski definition) is 3. The minimum absolute atomic E-state index is 0.0633. The lowest BCUT2D eigenvalue weighted by molar-refractivity contribution is -0.137. The molecule has 6 heteroatoms. The number of carbonyl (C=O) groups excluding carboxylic acids is 1. The lowest BCUT2D eigenvalue weighted by atomic mass is 9.99. The van der Waals surface area contributed by atoms with Crippen molar-refractivity contribution >= 4 is 18.5 Å². The molecule has 0 radical (unpaired) electrons. The molecular weight excluding hydrogens is 250 g/mol. The highest BCUT2D eigenvalue weighted by molar-refractivity contribution is 7.81. The van der Waals surface area contributed by atoms with E-state index in [0.29, 0.717) is 13.0 Å². The molecule has 1 aliphatic heterocycles. The SMILES string of the molecule is CNN(C(=O)CN)C1(S)CCOc2ccccc21. The third-order valence-corrected chi connectivity index (χ3v) is 3.71. The highest BCUT2D eigenvalue weighted by atomic mass is 32.1. The summed E-state index contributed by atoms with van der Waals surface area (Å²) in [7, 11) is 1.68. The second-order valence-electron chi connectivity index (χ2n) is 4.07. The van der Waals surface area contributed by atoms with E-state index in [9.17, 15) is 4.79 Å². The van der Waals surface area contributed by atoms with Crippen LogP contribution in [-0.2, 0) is 9.67 Å². The van der Waals surface area contributed by atoms with Gasteiger partial charge >= 0.3 is 0 Å². The van der Waals surface area contributed by atoms with Gasteiger partial charge in [-0.3, -0.25) is 9.80 Å². The van der Waals surface area contributed by atoms with E-state index in [1.807, 2.05) is 24.3 Å². The molecule has 1 unspecified atom stereocenters. The van der Waals surface area contributed by atoms with Crippen molar-refractivity contribution in [1.82, 2.24) is 10.4 Å². The molecule has 3 N–H and O–H groups in total. The Morgan fingerprint density at radius 3 is 3.00 bits per heavy atom. The quantitative estimate of drug-likeness (QED) is 0.423. The van der Waals surface area contributed by atoms with Crippen molar-refractivity contribution in [3.8, 4) is 5.75 Å². The molecule has 0 saturated carbocycles. The first kappa shape index (κ1) is 13.2. The Kier molecular flexibility index (Phi) is 3.79. The summed E-state index contributed by atoms with van der Waals surface area (Å²) < 4.78 is 5.58. The van der Waals surface area contributed by atoms with Crippen LogP contribution in [0.1, 0.15) is 12.0 Å². The first-order chi connectivity index (χ1) is 8.63. The molecule has 1 atom stereocenters. The maximum Gasteiger partial charge on any atom is 0.252 e. The number of carbonyl (C=O) groups is 1. The van der Waals surface area contributed by atoms with Gasteiger partial charge in [0.1, 0.15) is 10.6 Å². The monoisotopic (exact) mass is 267 g/mol. The molecule has 1 amide bonds. The number of ether oxygens (including phenoxy) is 1. The van der Waals surface area contributed by atoms with Crippen LogP contribution in [0.15, 0.2) is 24.3 Å². The van der Waals surface area contributed by atoms with Crippen molar-refractivity contribution in [2.45, 2.75) is 11.3 Å². The summed E-state index contributed by atoms with van der Waals surface area (Å²) in [6, 6.07) is 7.59. The molecule has 98 valence electrons. The molecule has 0 fully saturated rings. The molecule has 0 bridgehead atoms. The molecule has 2 rings (SSSR count).